The van der Waals surface area contributed by atoms with E-state index in [0.29, 0.717) is 18.5 Å². The molecule has 0 radical (unpaired) electrons. The zero-order valence-electron chi connectivity index (χ0n) is 11.5. The predicted molar refractivity (Wildman–Crippen MR) is 68.9 cm³/mol. The lowest BCUT2D eigenvalue weighted by Gasteiger charge is -2.20. The zero-order valence-corrected chi connectivity index (χ0v) is 11.5. The number of carbonyl (C=O) groups is 1. The Bertz CT molecular complexity index is 242. The zero-order chi connectivity index (χ0) is 12.8. The van der Waals surface area contributed by atoms with Gasteiger partial charge in [0.05, 0.1) is 12.6 Å². The van der Waals surface area contributed by atoms with E-state index in [0.717, 1.165) is 13.1 Å². The fraction of sp³-hybridized carbons (Fsp3) is 0.923. The minimum atomic E-state index is -0.154. The molecule has 17 heavy (non-hydrogen) atoms. The van der Waals surface area contributed by atoms with Crippen LogP contribution >= 0.6 is 0 Å². The smallest absolute Gasteiger partial charge is 0.320 e. The highest BCUT2D eigenvalue weighted by molar-refractivity contribution is 5.71. The predicted octanol–water partition coefficient (Wildman–Crippen LogP) is 1.26. The molecule has 0 aliphatic carbocycles. The number of rotatable bonds is 6. The first-order chi connectivity index (χ1) is 7.99. The maximum absolute atomic E-state index is 11.3. The van der Waals surface area contributed by atoms with Crippen LogP contribution in [0.3, 0.4) is 0 Å². The molecule has 0 aromatic carbocycles. The topological polar surface area (TPSA) is 41.6 Å². The summed E-state index contributed by atoms with van der Waals surface area (Å²) in [5, 5.41) is 3.19. The van der Waals surface area contributed by atoms with Gasteiger partial charge in [0.1, 0.15) is 0 Å². The van der Waals surface area contributed by atoms with Crippen molar-refractivity contribution < 1.29 is 9.53 Å². The van der Waals surface area contributed by atoms with Crippen LogP contribution in [0.2, 0.25) is 0 Å². The number of likely N-dealkylation sites (tertiary alicyclic amines) is 1. The van der Waals surface area contributed by atoms with Crippen LogP contribution in [-0.4, -0.2) is 49.2 Å². The molecule has 1 heterocycles. The van der Waals surface area contributed by atoms with Gasteiger partial charge in [-0.15, -0.1) is 0 Å². The molecule has 1 atom stereocenters. The van der Waals surface area contributed by atoms with Gasteiger partial charge in [0.25, 0.3) is 0 Å². The molecule has 4 heteroatoms. The molecule has 0 aromatic heterocycles. The highest BCUT2D eigenvalue weighted by atomic mass is 16.5. The van der Waals surface area contributed by atoms with Gasteiger partial charge in [0.2, 0.25) is 0 Å². The second kappa shape index (κ2) is 6.97. The van der Waals surface area contributed by atoms with E-state index in [4.69, 9.17) is 4.74 Å². The minimum absolute atomic E-state index is 0.0211. The van der Waals surface area contributed by atoms with E-state index in [1.54, 1.807) is 0 Å². The number of hydrogen-bond donors (Lipinski definition) is 1. The summed E-state index contributed by atoms with van der Waals surface area (Å²) in [6.07, 6.45) is 1.21. The molecular weight excluding hydrogens is 216 g/mol. The highest BCUT2D eigenvalue weighted by Gasteiger charge is 2.23. The summed E-state index contributed by atoms with van der Waals surface area (Å²) in [5.41, 5.74) is 0. The Morgan fingerprint density at radius 3 is 2.65 bits per heavy atom. The lowest BCUT2D eigenvalue weighted by Crippen LogP contribution is -2.33. The van der Waals surface area contributed by atoms with Gasteiger partial charge in [-0.05, 0) is 53.1 Å². The van der Waals surface area contributed by atoms with Crippen LogP contribution in [0, 0.1) is 5.92 Å². The van der Waals surface area contributed by atoms with Gasteiger partial charge < -0.3 is 15.0 Å². The van der Waals surface area contributed by atoms with Crippen molar-refractivity contribution in [3.05, 3.63) is 0 Å². The first-order valence-electron chi connectivity index (χ1n) is 6.63. The molecule has 4 nitrogen and oxygen atoms in total. The normalized spacial score (nSPS) is 21.4. The first kappa shape index (κ1) is 14.5. The Hall–Kier alpha value is -0.610. The van der Waals surface area contributed by atoms with Crippen molar-refractivity contribution in [1.82, 2.24) is 10.2 Å². The van der Waals surface area contributed by atoms with E-state index >= 15 is 0 Å². The third kappa shape index (κ3) is 5.50. The Balaban J connectivity index is 2.10. The summed E-state index contributed by atoms with van der Waals surface area (Å²) in [6, 6.07) is 0.630. The summed E-state index contributed by atoms with van der Waals surface area (Å²) >= 11 is 0. The van der Waals surface area contributed by atoms with E-state index in [1.165, 1.54) is 13.0 Å². The van der Waals surface area contributed by atoms with Gasteiger partial charge in [-0.3, -0.25) is 4.79 Å². The number of hydrogen-bond acceptors (Lipinski definition) is 4. The Labute approximate surface area is 105 Å². The fourth-order valence-corrected chi connectivity index (χ4v) is 2.18. The molecule has 1 aliphatic heterocycles. The van der Waals surface area contributed by atoms with Crippen LogP contribution in [0.25, 0.3) is 0 Å². The van der Waals surface area contributed by atoms with Crippen molar-refractivity contribution in [2.24, 2.45) is 5.92 Å². The van der Waals surface area contributed by atoms with E-state index in [-0.39, 0.29) is 12.1 Å². The molecule has 0 amide bonds. The van der Waals surface area contributed by atoms with Gasteiger partial charge in [-0.2, -0.15) is 0 Å². The molecule has 0 aromatic rings. The SMILES string of the molecule is CC(C)OC(=O)CNCC1CCN(C(C)C)C1. The molecule has 100 valence electrons. The molecular formula is C13H26N2O2. The number of ether oxygens (including phenoxy) is 1. The number of nitrogens with zero attached hydrogens (tertiary/aromatic N) is 1. The lowest BCUT2D eigenvalue weighted by atomic mass is 10.1. The molecule has 1 aliphatic rings. The third-order valence-corrected chi connectivity index (χ3v) is 3.12. The maximum Gasteiger partial charge on any atom is 0.320 e. The third-order valence-electron chi connectivity index (χ3n) is 3.12. The van der Waals surface area contributed by atoms with Crippen LogP contribution in [0.15, 0.2) is 0 Å². The van der Waals surface area contributed by atoms with E-state index in [2.05, 4.69) is 24.1 Å². The second-order valence-corrected chi connectivity index (χ2v) is 5.41. The number of nitrogens with one attached hydrogen (secondary N) is 1. The Kier molecular flexibility index (Phi) is 5.92. The van der Waals surface area contributed by atoms with Gasteiger partial charge in [-0.1, -0.05) is 0 Å². The molecule has 1 saturated heterocycles. The molecule has 1 N–H and O–H groups in total. The van der Waals surface area contributed by atoms with Crippen LogP contribution in [0.5, 0.6) is 0 Å². The maximum atomic E-state index is 11.3. The quantitative estimate of drug-likeness (QED) is 0.712. The van der Waals surface area contributed by atoms with Crippen molar-refractivity contribution in [3.63, 3.8) is 0 Å². The minimum Gasteiger partial charge on any atom is -0.462 e. The lowest BCUT2D eigenvalue weighted by molar-refractivity contribution is -0.146. The molecule has 1 unspecified atom stereocenters. The van der Waals surface area contributed by atoms with Crippen molar-refractivity contribution in [2.45, 2.75) is 46.3 Å². The van der Waals surface area contributed by atoms with Crippen molar-refractivity contribution in [2.75, 3.05) is 26.2 Å². The van der Waals surface area contributed by atoms with Gasteiger partial charge >= 0.3 is 5.97 Å². The van der Waals surface area contributed by atoms with Crippen LogP contribution in [-0.2, 0) is 9.53 Å². The van der Waals surface area contributed by atoms with Crippen LogP contribution in [0.1, 0.15) is 34.1 Å². The summed E-state index contributed by atoms with van der Waals surface area (Å²) in [7, 11) is 0. The first-order valence-corrected chi connectivity index (χ1v) is 6.63. The Morgan fingerprint density at radius 2 is 2.12 bits per heavy atom. The molecule has 0 saturated carbocycles. The van der Waals surface area contributed by atoms with E-state index < -0.39 is 0 Å². The van der Waals surface area contributed by atoms with Crippen molar-refractivity contribution in [1.29, 1.82) is 0 Å². The largest absolute Gasteiger partial charge is 0.462 e. The molecule has 1 fully saturated rings. The van der Waals surface area contributed by atoms with E-state index in [1.807, 2.05) is 13.8 Å². The molecule has 0 bridgehead atoms. The Morgan fingerprint density at radius 1 is 1.41 bits per heavy atom. The summed E-state index contributed by atoms with van der Waals surface area (Å²) in [5.74, 6) is 0.517. The number of esters is 1. The second-order valence-electron chi connectivity index (χ2n) is 5.41. The van der Waals surface area contributed by atoms with Crippen molar-refractivity contribution >= 4 is 5.97 Å². The average molecular weight is 242 g/mol. The summed E-state index contributed by atoms with van der Waals surface area (Å²) in [6.45, 7) is 11.8. The van der Waals surface area contributed by atoms with Gasteiger partial charge in [-0.25, -0.2) is 0 Å². The summed E-state index contributed by atoms with van der Waals surface area (Å²) < 4.78 is 5.06. The van der Waals surface area contributed by atoms with Crippen LogP contribution in [0.4, 0.5) is 0 Å². The highest BCUT2D eigenvalue weighted by Crippen LogP contribution is 2.17. The monoisotopic (exact) mass is 242 g/mol. The molecule has 1 rings (SSSR count). The van der Waals surface area contributed by atoms with Gasteiger partial charge in [0.15, 0.2) is 0 Å². The fourth-order valence-electron chi connectivity index (χ4n) is 2.18. The average Bonchev–Trinajstić information content (AvgIpc) is 2.65. The van der Waals surface area contributed by atoms with Crippen molar-refractivity contribution in [3.8, 4) is 0 Å². The van der Waals surface area contributed by atoms with Gasteiger partial charge in [0, 0.05) is 12.6 Å². The van der Waals surface area contributed by atoms with E-state index in [9.17, 15) is 4.79 Å². The van der Waals surface area contributed by atoms with Crippen LogP contribution < -0.4 is 5.32 Å². The number of carbonyl (C=O) groups excluding carboxylic acids is 1. The summed E-state index contributed by atoms with van der Waals surface area (Å²) in [4.78, 5) is 13.8. The standard InChI is InChI=1S/C13H26N2O2/c1-10(2)15-6-5-12(9-15)7-14-8-13(16)17-11(3)4/h10-12,14H,5-9H2,1-4H3. The molecule has 0 spiro atoms.